The van der Waals surface area contributed by atoms with E-state index < -0.39 is 20.5 Å². The van der Waals surface area contributed by atoms with Crippen LogP contribution in [0.5, 0.6) is 0 Å². The van der Waals surface area contributed by atoms with E-state index in [0.717, 1.165) is 18.9 Å². The van der Waals surface area contributed by atoms with Crippen molar-refractivity contribution in [2.24, 2.45) is 5.73 Å². The molecule has 0 amide bonds. The Labute approximate surface area is 130 Å². The number of hydrogen-bond acceptors (Lipinski definition) is 5. The summed E-state index contributed by atoms with van der Waals surface area (Å²) in [5, 5.41) is 11.0. The van der Waals surface area contributed by atoms with Gasteiger partial charge < -0.3 is 5.73 Å². The number of sulfonamides is 1. The molecule has 1 aromatic carbocycles. The smallest absolute Gasteiger partial charge is 0.271 e. The van der Waals surface area contributed by atoms with Gasteiger partial charge >= 0.3 is 0 Å². The molecule has 0 bridgehead atoms. The summed E-state index contributed by atoms with van der Waals surface area (Å²) in [6.07, 6.45) is 3.23. The van der Waals surface area contributed by atoms with Crippen molar-refractivity contribution in [2.45, 2.75) is 50.0 Å². The SMILES string of the molecule is Cc1cc([N+](=O)[O-])cc(S(=O)(=O)NC2(CN)CCCC2)c1C. The van der Waals surface area contributed by atoms with Gasteiger partial charge in [-0.05, 0) is 37.8 Å². The Bertz CT molecular complexity index is 694. The van der Waals surface area contributed by atoms with Crippen molar-refractivity contribution in [1.29, 1.82) is 0 Å². The molecule has 0 spiro atoms. The zero-order valence-corrected chi connectivity index (χ0v) is 13.6. The Hall–Kier alpha value is -1.51. The van der Waals surface area contributed by atoms with Crippen LogP contribution in [0.1, 0.15) is 36.8 Å². The van der Waals surface area contributed by atoms with Crippen molar-refractivity contribution in [3.8, 4) is 0 Å². The lowest BCUT2D eigenvalue weighted by Crippen LogP contribution is -2.51. The molecule has 0 aromatic heterocycles. The molecule has 0 radical (unpaired) electrons. The largest absolute Gasteiger partial charge is 0.329 e. The van der Waals surface area contributed by atoms with Crippen molar-refractivity contribution in [3.63, 3.8) is 0 Å². The molecule has 0 saturated heterocycles. The normalized spacial score (nSPS) is 17.6. The number of aryl methyl sites for hydroxylation is 1. The lowest BCUT2D eigenvalue weighted by molar-refractivity contribution is -0.385. The van der Waals surface area contributed by atoms with Gasteiger partial charge in [-0.1, -0.05) is 12.8 Å². The van der Waals surface area contributed by atoms with Crippen molar-refractivity contribution in [2.75, 3.05) is 6.54 Å². The first-order valence-electron chi connectivity index (χ1n) is 7.20. The van der Waals surface area contributed by atoms with Crippen LogP contribution in [0.4, 0.5) is 5.69 Å². The topological polar surface area (TPSA) is 115 Å². The molecule has 1 aliphatic carbocycles. The maximum atomic E-state index is 12.7. The first-order valence-corrected chi connectivity index (χ1v) is 8.69. The molecule has 3 N–H and O–H groups in total. The van der Waals surface area contributed by atoms with Gasteiger partial charge in [0.1, 0.15) is 0 Å². The predicted molar refractivity (Wildman–Crippen MR) is 83.1 cm³/mol. The number of benzene rings is 1. The molecule has 1 aliphatic rings. The van der Waals surface area contributed by atoms with E-state index in [0.29, 0.717) is 24.0 Å². The molecule has 1 aromatic rings. The number of nitro benzene ring substituents is 1. The maximum Gasteiger partial charge on any atom is 0.271 e. The second-order valence-corrected chi connectivity index (χ2v) is 7.59. The number of hydrogen-bond donors (Lipinski definition) is 2. The zero-order valence-electron chi connectivity index (χ0n) is 12.8. The number of nitro groups is 1. The van der Waals surface area contributed by atoms with Gasteiger partial charge in [0.25, 0.3) is 5.69 Å². The van der Waals surface area contributed by atoms with E-state index in [-0.39, 0.29) is 17.1 Å². The second kappa shape index (κ2) is 5.94. The van der Waals surface area contributed by atoms with Crippen molar-refractivity contribution in [3.05, 3.63) is 33.4 Å². The van der Waals surface area contributed by atoms with Gasteiger partial charge in [0, 0.05) is 24.2 Å². The van der Waals surface area contributed by atoms with Crippen LogP contribution < -0.4 is 10.5 Å². The standard InChI is InChI=1S/C14H21N3O4S/c1-10-7-12(17(18)19)8-13(11(10)2)22(20,21)16-14(9-15)5-3-4-6-14/h7-8,16H,3-6,9,15H2,1-2H3. The van der Waals surface area contributed by atoms with Crippen LogP contribution in [0.2, 0.25) is 0 Å². The Morgan fingerprint density at radius 3 is 2.41 bits per heavy atom. The highest BCUT2D eigenvalue weighted by molar-refractivity contribution is 7.89. The van der Waals surface area contributed by atoms with Gasteiger partial charge in [0.05, 0.1) is 9.82 Å². The molecule has 8 heteroatoms. The summed E-state index contributed by atoms with van der Waals surface area (Å²) >= 11 is 0. The Morgan fingerprint density at radius 2 is 1.91 bits per heavy atom. The predicted octanol–water partition coefficient (Wildman–Crippen LogP) is 1.76. The van der Waals surface area contributed by atoms with Gasteiger partial charge in [-0.15, -0.1) is 0 Å². The first-order chi connectivity index (χ1) is 10.2. The summed E-state index contributed by atoms with van der Waals surface area (Å²) in [6.45, 7) is 3.53. The number of rotatable bonds is 5. The van der Waals surface area contributed by atoms with E-state index in [4.69, 9.17) is 5.73 Å². The molecular weight excluding hydrogens is 306 g/mol. The van der Waals surface area contributed by atoms with Crippen LogP contribution in [0.3, 0.4) is 0 Å². The molecule has 2 rings (SSSR count). The molecule has 7 nitrogen and oxygen atoms in total. The quantitative estimate of drug-likeness (QED) is 0.631. The van der Waals surface area contributed by atoms with E-state index in [1.165, 1.54) is 6.07 Å². The molecule has 0 aliphatic heterocycles. The van der Waals surface area contributed by atoms with E-state index in [2.05, 4.69) is 4.72 Å². The third-order valence-corrected chi connectivity index (χ3v) is 6.11. The monoisotopic (exact) mass is 327 g/mol. The van der Waals surface area contributed by atoms with Crippen molar-refractivity contribution >= 4 is 15.7 Å². The Balaban J connectivity index is 2.47. The van der Waals surface area contributed by atoms with Crippen LogP contribution in [0.15, 0.2) is 17.0 Å². The van der Waals surface area contributed by atoms with E-state index in [1.807, 2.05) is 0 Å². The minimum atomic E-state index is -3.86. The number of non-ortho nitro benzene ring substituents is 1. The third kappa shape index (κ3) is 3.13. The molecular formula is C14H21N3O4S. The van der Waals surface area contributed by atoms with Crippen molar-refractivity contribution < 1.29 is 13.3 Å². The fourth-order valence-electron chi connectivity index (χ4n) is 2.93. The summed E-state index contributed by atoms with van der Waals surface area (Å²) in [7, 11) is -3.86. The van der Waals surface area contributed by atoms with Gasteiger partial charge in [-0.25, -0.2) is 13.1 Å². The summed E-state index contributed by atoms with van der Waals surface area (Å²) < 4.78 is 28.1. The fraction of sp³-hybridized carbons (Fsp3) is 0.571. The van der Waals surface area contributed by atoms with Crippen LogP contribution >= 0.6 is 0 Å². The maximum absolute atomic E-state index is 12.7. The average molecular weight is 327 g/mol. The molecule has 1 saturated carbocycles. The minimum Gasteiger partial charge on any atom is -0.329 e. The molecule has 0 unspecified atom stereocenters. The summed E-state index contributed by atoms with van der Waals surface area (Å²) in [5.41, 5.74) is 5.99. The summed E-state index contributed by atoms with van der Waals surface area (Å²) in [4.78, 5) is 10.4. The Kier molecular flexibility index (Phi) is 4.55. The van der Waals surface area contributed by atoms with Gasteiger partial charge in [-0.2, -0.15) is 0 Å². The van der Waals surface area contributed by atoms with Gasteiger partial charge in [-0.3, -0.25) is 10.1 Å². The number of nitrogens with two attached hydrogens (primary N) is 1. The van der Waals surface area contributed by atoms with Crippen LogP contribution in [0.25, 0.3) is 0 Å². The highest BCUT2D eigenvalue weighted by atomic mass is 32.2. The average Bonchev–Trinajstić information content (AvgIpc) is 2.89. The summed E-state index contributed by atoms with van der Waals surface area (Å²) in [5.74, 6) is 0. The highest BCUT2D eigenvalue weighted by Gasteiger charge is 2.37. The molecule has 1 fully saturated rings. The fourth-order valence-corrected chi connectivity index (χ4v) is 4.74. The number of nitrogens with zero attached hydrogens (tertiary/aromatic N) is 1. The van der Waals surface area contributed by atoms with Gasteiger partial charge in [0.2, 0.25) is 10.0 Å². The van der Waals surface area contributed by atoms with Gasteiger partial charge in [0.15, 0.2) is 0 Å². The molecule has 122 valence electrons. The Morgan fingerprint density at radius 1 is 1.32 bits per heavy atom. The minimum absolute atomic E-state index is 0.0427. The second-order valence-electron chi connectivity index (χ2n) is 5.94. The van der Waals surface area contributed by atoms with Crippen LogP contribution in [-0.4, -0.2) is 25.4 Å². The van der Waals surface area contributed by atoms with E-state index >= 15 is 0 Å². The first kappa shape index (κ1) is 16.9. The molecule has 0 atom stereocenters. The number of nitrogens with one attached hydrogen (secondary N) is 1. The van der Waals surface area contributed by atoms with E-state index in [9.17, 15) is 18.5 Å². The van der Waals surface area contributed by atoms with Crippen molar-refractivity contribution in [1.82, 2.24) is 4.72 Å². The molecule has 0 heterocycles. The zero-order chi connectivity index (χ0) is 16.5. The van der Waals surface area contributed by atoms with E-state index in [1.54, 1.807) is 13.8 Å². The lowest BCUT2D eigenvalue weighted by atomic mass is 10.0. The third-order valence-electron chi connectivity index (χ3n) is 4.41. The highest BCUT2D eigenvalue weighted by Crippen LogP contribution is 2.32. The molecule has 22 heavy (non-hydrogen) atoms. The lowest BCUT2D eigenvalue weighted by Gasteiger charge is -2.28. The summed E-state index contributed by atoms with van der Waals surface area (Å²) in [6, 6.07) is 2.49. The van der Waals surface area contributed by atoms with Crippen LogP contribution in [-0.2, 0) is 10.0 Å². The van der Waals surface area contributed by atoms with Crippen LogP contribution in [0, 0.1) is 24.0 Å².